The van der Waals surface area contributed by atoms with Crippen LogP contribution in [-0.4, -0.2) is 36.5 Å². The van der Waals surface area contributed by atoms with Gasteiger partial charge in [-0.3, -0.25) is 4.79 Å². The maximum Gasteiger partial charge on any atom is 0.287 e. The van der Waals surface area contributed by atoms with Crippen molar-refractivity contribution in [1.29, 1.82) is 0 Å². The molecule has 22 heavy (non-hydrogen) atoms. The van der Waals surface area contributed by atoms with E-state index in [9.17, 15) is 9.18 Å². The highest BCUT2D eigenvalue weighted by Gasteiger charge is 2.35. The van der Waals surface area contributed by atoms with Gasteiger partial charge in [0.2, 0.25) is 0 Å². The van der Waals surface area contributed by atoms with Gasteiger partial charge in [-0.15, -0.1) is 0 Å². The molecule has 0 aliphatic carbocycles. The second-order valence-corrected chi connectivity index (χ2v) is 6.99. The number of halogens is 2. The minimum absolute atomic E-state index is 0.184. The Kier molecular flexibility index (Phi) is 3.46. The second-order valence-electron chi connectivity index (χ2n) is 6.13. The molecule has 0 unspecified atom stereocenters. The Bertz CT molecular complexity index is 737. The van der Waals surface area contributed by atoms with Crippen LogP contribution in [-0.2, 0) is 0 Å². The molecule has 5 rings (SSSR count). The molecule has 2 bridgehead atoms. The third-order valence-corrected chi connectivity index (χ3v) is 5.32. The number of rotatable bonds is 2. The standard InChI is InChI=1S/C16H16BrFN2O2/c17-12-7-11(18)5-10-6-14(22-15(10)12)16(21)19-13-8-20-3-1-9(13)2-4-20/h5-7,9,13H,1-4,8H2,(H,19,21)/t13-/m1/s1. The van der Waals surface area contributed by atoms with Crippen LogP contribution in [0.25, 0.3) is 11.0 Å². The summed E-state index contributed by atoms with van der Waals surface area (Å²) in [5.74, 6) is 0.215. The highest BCUT2D eigenvalue weighted by molar-refractivity contribution is 9.10. The van der Waals surface area contributed by atoms with E-state index in [1.807, 2.05) is 0 Å². The summed E-state index contributed by atoms with van der Waals surface area (Å²) in [5, 5.41) is 3.67. The third-order valence-electron chi connectivity index (χ3n) is 4.73. The summed E-state index contributed by atoms with van der Waals surface area (Å²) >= 11 is 3.26. The average Bonchev–Trinajstić information content (AvgIpc) is 2.93. The van der Waals surface area contributed by atoms with Gasteiger partial charge in [0, 0.05) is 18.0 Å². The lowest BCUT2D eigenvalue weighted by molar-refractivity contribution is 0.0607. The Morgan fingerprint density at radius 3 is 2.77 bits per heavy atom. The molecule has 3 aliphatic heterocycles. The number of nitrogens with zero attached hydrogens (tertiary/aromatic N) is 1. The van der Waals surface area contributed by atoms with Gasteiger partial charge in [0.05, 0.1) is 4.47 Å². The quantitative estimate of drug-likeness (QED) is 0.887. The minimum Gasteiger partial charge on any atom is -0.450 e. The van der Waals surface area contributed by atoms with Gasteiger partial charge in [-0.1, -0.05) is 0 Å². The lowest BCUT2D eigenvalue weighted by Crippen LogP contribution is -2.57. The Morgan fingerprint density at radius 2 is 2.09 bits per heavy atom. The maximum atomic E-state index is 13.4. The van der Waals surface area contributed by atoms with Crippen LogP contribution < -0.4 is 5.32 Å². The van der Waals surface area contributed by atoms with Crippen molar-refractivity contribution in [3.63, 3.8) is 0 Å². The number of carbonyl (C=O) groups excluding carboxylic acids is 1. The fourth-order valence-corrected chi connectivity index (χ4v) is 4.08. The van der Waals surface area contributed by atoms with Crippen LogP contribution in [0, 0.1) is 11.7 Å². The zero-order chi connectivity index (χ0) is 15.3. The molecule has 4 heterocycles. The molecule has 2 aromatic rings. The molecule has 1 aromatic carbocycles. The number of hydrogen-bond acceptors (Lipinski definition) is 3. The predicted octanol–water partition coefficient (Wildman–Crippen LogP) is 3.16. The number of amides is 1. The van der Waals surface area contributed by atoms with Gasteiger partial charge in [0.1, 0.15) is 11.4 Å². The first-order valence-corrected chi connectivity index (χ1v) is 8.31. The van der Waals surface area contributed by atoms with Gasteiger partial charge in [-0.2, -0.15) is 0 Å². The van der Waals surface area contributed by atoms with Crippen molar-refractivity contribution >= 4 is 32.8 Å². The molecule has 116 valence electrons. The smallest absolute Gasteiger partial charge is 0.287 e. The van der Waals surface area contributed by atoms with Crippen molar-refractivity contribution in [3.8, 4) is 0 Å². The van der Waals surface area contributed by atoms with Gasteiger partial charge in [0.15, 0.2) is 5.76 Å². The molecular formula is C16H16BrFN2O2. The first-order chi connectivity index (χ1) is 10.6. The molecule has 0 saturated carbocycles. The number of benzene rings is 1. The highest BCUT2D eigenvalue weighted by atomic mass is 79.9. The van der Waals surface area contributed by atoms with E-state index in [-0.39, 0.29) is 23.5 Å². The Hall–Kier alpha value is -1.40. The molecule has 1 aromatic heterocycles. The SMILES string of the molecule is O=C(N[C@@H]1CN2CCC1CC2)c1cc2cc(F)cc(Br)c2o1. The fraction of sp³-hybridized carbons (Fsp3) is 0.438. The molecular weight excluding hydrogens is 351 g/mol. The zero-order valence-corrected chi connectivity index (χ0v) is 13.5. The molecule has 4 nitrogen and oxygen atoms in total. The van der Waals surface area contributed by atoms with Crippen molar-refractivity contribution in [3.05, 3.63) is 34.2 Å². The maximum absolute atomic E-state index is 13.4. The van der Waals surface area contributed by atoms with E-state index in [0.29, 0.717) is 21.4 Å². The van der Waals surface area contributed by atoms with E-state index in [4.69, 9.17) is 4.42 Å². The minimum atomic E-state index is -0.357. The lowest BCUT2D eigenvalue weighted by Gasteiger charge is -2.44. The van der Waals surface area contributed by atoms with E-state index in [0.717, 1.165) is 32.5 Å². The number of hydrogen-bond donors (Lipinski definition) is 1. The predicted molar refractivity (Wildman–Crippen MR) is 84.3 cm³/mol. The molecule has 0 radical (unpaired) electrons. The van der Waals surface area contributed by atoms with Crippen LogP contribution in [0.15, 0.2) is 27.1 Å². The number of furan rings is 1. The van der Waals surface area contributed by atoms with E-state index < -0.39 is 0 Å². The molecule has 1 atom stereocenters. The summed E-state index contributed by atoms with van der Waals surface area (Å²) in [6.07, 6.45) is 2.28. The Morgan fingerprint density at radius 1 is 1.32 bits per heavy atom. The summed E-state index contributed by atoms with van der Waals surface area (Å²) in [6.45, 7) is 3.18. The van der Waals surface area contributed by atoms with Gasteiger partial charge in [-0.25, -0.2) is 4.39 Å². The summed E-state index contributed by atoms with van der Waals surface area (Å²) in [5.41, 5.74) is 0.500. The molecule has 1 N–H and O–H groups in total. The largest absolute Gasteiger partial charge is 0.450 e. The topological polar surface area (TPSA) is 45.5 Å². The van der Waals surface area contributed by atoms with E-state index in [2.05, 4.69) is 26.1 Å². The van der Waals surface area contributed by atoms with Crippen LogP contribution in [0.1, 0.15) is 23.4 Å². The van der Waals surface area contributed by atoms with Crippen molar-refractivity contribution in [2.75, 3.05) is 19.6 Å². The summed E-state index contributed by atoms with van der Waals surface area (Å²) < 4.78 is 19.5. The number of piperidine rings is 3. The number of nitrogens with one attached hydrogen (secondary N) is 1. The summed E-state index contributed by atoms with van der Waals surface area (Å²) in [6, 6.07) is 4.48. The number of carbonyl (C=O) groups is 1. The highest BCUT2D eigenvalue weighted by Crippen LogP contribution is 2.30. The first-order valence-electron chi connectivity index (χ1n) is 7.52. The van der Waals surface area contributed by atoms with Gasteiger partial charge >= 0.3 is 0 Å². The van der Waals surface area contributed by atoms with Gasteiger partial charge in [0.25, 0.3) is 5.91 Å². The zero-order valence-electron chi connectivity index (χ0n) is 11.9. The van der Waals surface area contributed by atoms with Gasteiger partial charge in [-0.05, 0) is 66.0 Å². The van der Waals surface area contributed by atoms with Crippen molar-refractivity contribution < 1.29 is 13.6 Å². The van der Waals surface area contributed by atoms with Crippen LogP contribution in [0.2, 0.25) is 0 Å². The fourth-order valence-electron chi connectivity index (χ4n) is 3.56. The van der Waals surface area contributed by atoms with Crippen LogP contribution >= 0.6 is 15.9 Å². The normalized spacial score (nSPS) is 27.3. The van der Waals surface area contributed by atoms with Crippen LogP contribution in [0.3, 0.4) is 0 Å². The molecule has 6 heteroatoms. The van der Waals surface area contributed by atoms with Crippen molar-refractivity contribution in [2.24, 2.45) is 5.92 Å². The second kappa shape index (κ2) is 5.35. The molecule has 3 saturated heterocycles. The van der Waals surface area contributed by atoms with Crippen molar-refractivity contribution in [2.45, 2.75) is 18.9 Å². The van der Waals surface area contributed by atoms with E-state index >= 15 is 0 Å². The number of fused-ring (bicyclic) bond motifs is 4. The first kappa shape index (κ1) is 14.2. The van der Waals surface area contributed by atoms with E-state index in [1.165, 1.54) is 12.1 Å². The molecule has 3 aliphatic rings. The Labute approximate surface area is 135 Å². The van der Waals surface area contributed by atoms with Crippen molar-refractivity contribution in [1.82, 2.24) is 10.2 Å². The molecule has 3 fully saturated rings. The lowest BCUT2D eigenvalue weighted by atomic mass is 9.84. The monoisotopic (exact) mass is 366 g/mol. The third kappa shape index (κ3) is 2.44. The summed E-state index contributed by atoms with van der Waals surface area (Å²) in [7, 11) is 0. The van der Waals surface area contributed by atoms with E-state index in [1.54, 1.807) is 6.07 Å². The van der Waals surface area contributed by atoms with Gasteiger partial charge < -0.3 is 14.6 Å². The average molecular weight is 367 g/mol. The van der Waals surface area contributed by atoms with Crippen LogP contribution in [0.5, 0.6) is 0 Å². The summed E-state index contributed by atoms with van der Waals surface area (Å²) in [4.78, 5) is 14.8. The molecule has 1 amide bonds. The van der Waals surface area contributed by atoms with Crippen LogP contribution in [0.4, 0.5) is 4.39 Å². The molecule has 0 spiro atoms. The Balaban J connectivity index is 1.56.